The first kappa shape index (κ1) is 15.0. The van der Waals surface area contributed by atoms with Gasteiger partial charge in [0, 0.05) is 25.2 Å². The highest BCUT2D eigenvalue weighted by Gasteiger charge is 2.14. The Morgan fingerprint density at radius 3 is 2.70 bits per heavy atom. The number of hydrogen-bond donors (Lipinski definition) is 1. The number of nitrogens with one attached hydrogen (secondary N) is 1. The molecule has 2 heterocycles. The lowest BCUT2D eigenvalue weighted by atomic mass is 10.1. The fourth-order valence-electron chi connectivity index (χ4n) is 2.81. The average Bonchev–Trinajstić information content (AvgIpc) is 2.95. The average molecular weight is 278 g/mol. The summed E-state index contributed by atoms with van der Waals surface area (Å²) in [5, 5.41) is 7.77. The Labute approximate surface area is 121 Å². The van der Waals surface area contributed by atoms with E-state index >= 15 is 0 Å². The van der Waals surface area contributed by atoms with Gasteiger partial charge < -0.3 is 10.2 Å². The lowest BCUT2D eigenvalue weighted by Crippen LogP contribution is -2.37. The summed E-state index contributed by atoms with van der Waals surface area (Å²) in [6, 6.07) is 2.06. The van der Waals surface area contributed by atoms with Crippen LogP contribution in [-0.4, -0.2) is 35.5 Å². The van der Waals surface area contributed by atoms with E-state index in [1.165, 1.54) is 12.8 Å². The minimum atomic E-state index is 0.00778. The van der Waals surface area contributed by atoms with Crippen LogP contribution in [0.2, 0.25) is 0 Å². The number of nitrogens with zero attached hydrogens (tertiary/aromatic N) is 3. The van der Waals surface area contributed by atoms with Gasteiger partial charge in [-0.1, -0.05) is 20.3 Å². The van der Waals surface area contributed by atoms with Gasteiger partial charge in [-0.25, -0.2) is 4.68 Å². The third-order valence-corrected chi connectivity index (χ3v) is 3.85. The van der Waals surface area contributed by atoms with Gasteiger partial charge in [0.2, 0.25) is 0 Å². The van der Waals surface area contributed by atoms with Gasteiger partial charge in [0.1, 0.15) is 0 Å². The van der Waals surface area contributed by atoms with Crippen LogP contribution in [0.4, 0.5) is 5.69 Å². The Hall–Kier alpha value is -1.36. The zero-order valence-corrected chi connectivity index (χ0v) is 12.6. The first-order valence-corrected chi connectivity index (χ1v) is 7.80. The Kier molecular flexibility index (Phi) is 5.59. The lowest BCUT2D eigenvalue weighted by molar-refractivity contribution is 0.399. The first-order valence-electron chi connectivity index (χ1n) is 7.80. The van der Waals surface area contributed by atoms with Gasteiger partial charge in [-0.05, 0) is 25.8 Å². The molecule has 0 radical (unpaired) electrons. The number of rotatable bonds is 7. The van der Waals surface area contributed by atoms with E-state index in [0.717, 1.165) is 38.2 Å². The van der Waals surface area contributed by atoms with Crippen LogP contribution < -0.4 is 15.8 Å². The zero-order valence-electron chi connectivity index (χ0n) is 12.6. The molecule has 1 saturated heterocycles. The summed E-state index contributed by atoms with van der Waals surface area (Å²) in [4.78, 5) is 14.4. The smallest absolute Gasteiger partial charge is 0.268 e. The molecular formula is C15H26N4O. The van der Waals surface area contributed by atoms with Crippen LogP contribution in [0.15, 0.2) is 17.1 Å². The molecule has 1 aromatic rings. The van der Waals surface area contributed by atoms with E-state index in [-0.39, 0.29) is 5.56 Å². The van der Waals surface area contributed by atoms with Crippen molar-refractivity contribution in [2.45, 2.75) is 52.1 Å². The molecule has 0 aromatic carbocycles. The lowest BCUT2D eigenvalue weighted by Gasteiger charge is -2.20. The maximum atomic E-state index is 12.2. The second-order valence-corrected chi connectivity index (χ2v) is 5.47. The molecule has 5 heteroatoms. The van der Waals surface area contributed by atoms with Gasteiger partial charge in [0.15, 0.2) is 0 Å². The van der Waals surface area contributed by atoms with Gasteiger partial charge in [0.25, 0.3) is 5.56 Å². The molecule has 1 unspecified atom stereocenters. The fraction of sp³-hybridized carbons (Fsp3) is 0.733. The molecule has 0 aliphatic carbocycles. The fourth-order valence-corrected chi connectivity index (χ4v) is 2.81. The Balaban J connectivity index is 2.06. The standard InChI is InChI=1S/C15H26N4O/c1-3-7-13(16-4-2)12-19-15(20)10-14(11-17-19)18-8-5-6-9-18/h10-11,13,16H,3-9,12H2,1-2H3. The molecule has 1 N–H and O–H groups in total. The van der Waals surface area contributed by atoms with E-state index < -0.39 is 0 Å². The van der Waals surface area contributed by atoms with E-state index in [9.17, 15) is 4.79 Å². The van der Waals surface area contributed by atoms with Gasteiger partial charge >= 0.3 is 0 Å². The molecule has 1 aliphatic rings. The molecule has 2 rings (SSSR count). The molecule has 1 aliphatic heterocycles. The SMILES string of the molecule is CCCC(Cn1ncc(N2CCCC2)cc1=O)NCC. The van der Waals surface area contributed by atoms with Crippen molar-refractivity contribution in [1.29, 1.82) is 0 Å². The van der Waals surface area contributed by atoms with Crippen molar-refractivity contribution in [3.8, 4) is 0 Å². The van der Waals surface area contributed by atoms with Gasteiger partial charge in [-0.15, -0.1) is 0 Å². The molecular weight excluding hydrogens is 252 g/mol. The number of aromatic nitrogens is 2. The van der Waals surface area contributed by atoms with Crippen LogP contribution in [-0.2, 0) is 6.54 Å². The summed E-state index contributed by atoms with van der Waals surface area (Å²) < 4.78 is 1.59. The molecule has 1 fully saturated rings. The Bertz CT molecular complexity index is 459. The van der Waals surface area contributed by atoms with Crippen molar-refractivity contribution in [2.24, 2.45) is 0 Å². The summed E-state index contributed by atoms with van der Waals surface area (Å²) in [5.74, 6) is 0. The summed E-state index contributed by atoms with van der Waals surface area (Å²) in [7, 11) is 0. The first-order chi connectivity index (χ1) is 9.74. The minimum Gasteiger partial charge on any atom is -0.370 e. The van der Waals surface area contributed by atoms with Crippen molar-refractivity contribution in [3.63, 3.8) is 0 Å². The van der Waals surface area contributed by atoms with Gasteiger partial charge in [0.05, 0.1) is 18.4 Å². The van der Waals surface area contributed by atoms with Crippen molar-refractivity contribution < 1.29 is 0 Å². The van der Waals surface area contributed by atoms with Crippen molar-refractivity contribution in [1.82, 2.24) is 15.1 Å². The summed E-state index contributed by atoms with van der Waals surface area (Å²) in [6.45, 7) is 7.92. The largest absolute Gasteiger partial charge is 0.370 e. The molecule has 1 atom stereocenters. The highest BCUT2D eigenvalue weighted by Crippen LogP contribution is 2.16. The highest BCUT2D eigenvalue weighted by atomic mass is 16.1. The summed E-state index contributed by atoms with van der Waals surface area (Å²) >= 11 is 0. The van der Waals surface area contributed by atoms with Crippen LogP contribution in [0, 0.1) is 0 Å². The summed E-state index contributed by atoms with van der Waals surface area (Å²) in [6.07, 6.45) is 6.43. The Morgan fingerprint density at radius 2 is 2.10 bits per heavy atom. The molecule has 5 nitrogen and oxygen atoms in total. The van der Waals surface area contributed by atoms with E-state index in [0.29, 0.717) is 12.6 Å². The van der Waals surface area contributed by atoms with E-state index in [4.69, 9.17) is 0 Å². The van der Waals surface area contributed by atoms with E-state index in [2.05, 4.69) is 29.2 Å². The highest BCUT2D eigenvalue weighted by molar-refractivity contribution is 5.43. The minimum absolute atomic E-state index is 0.00778. The number of anilines is 1. The second-order valence-electron chi connectivity index (χ2n) is 5.47. The number of likely N-dealkylation sites (N-methyl/N-ethyl adjacent to an activating group) is 1. The van der Waals surface area contributed by atoms with Gasteiger partial charge in [-0.3, -0.25) is 4.79 Å². The van der Waals surface area contributed by atoms with Crippen LogP contribution in [0.25, 0.3) is 0 Å². The molecule has 0 bridgehead atoms. The molecule has 0 spiro atoms. The zero-order chi connectivity index (χ0) is 14.4. The molecule has 0 amide bonds. The Morgan fingerprint density at radius 1 is 1.35 bits per heavy atom. The predicted octanol–water partition coefficient (Wildman–Crippen LogP) is 1.62. The molecule has 20 heavy (non-hydrogen) atoms. The normalized spacial score (nSPS) is 16.6. The van der Waals surface area contributed by atoms with E-state index in [1.54, 1.807) is 10.7 Å². The maximum absolute atomic E-state index is 12.2. The molecule has 112 valence electrons. The quantitative estimate of drug-likeness (QED) is 0.823. The predicted molar refractivity (Wildman–Crippen MR) is 82.3 cm³/mol. The second kappa shape index (κ2) is 7.43. The van der Waals surface area contributed by atoms with Gasteiger partial charge in [-0.2, -0.15) is 5.10 Å². The van der Waals surface area contributed by atoms with E-state index in [1.807, 2.05) is 6.20 Å². The molecule has 0 saturated carbocycles. The number of hydrogen-bond acceptors (Lipinski definition) is 4. The van der Waals surface area contributed by atoms with Crippen molar-refractivity contribution >= 4 is 5.69 Å². The van der Waals surface area contributed by atoms with Crippen LogP contribution in [0.3, 0.4) is 0 Å². The molecule has 1 aromatic heterocycles. The third kappa shape index (κ3) is 3.82. The van der Waals surface area contributed by atoms with Crippen molar-refractivity contribution in [2.75, 3.05) is 24.5 Å². The maximum Gasteiger partial charge on any atom is 0.268 e. The van der Waals surface area contributed by atoms with Crippen LogP contribution in [0.5, 0.6) is 0 Å². The topological polar surface area (TPSA) is 50.2 Å². The third-order valence-electron chi connectivity index (χ3n) is 3.85. The monoisotopic (exact) mass is 278 g/mol. The van der Waals surface area contributed by atoms with Crippen LogP contribution in [0.1, 0.15) is 39.5 Å². The van der Waals surface area contributed by atoms with Crippen LogP contribution >= 0.6 is 0 Å². The van der Waals surface area contributed by atoms with Crippen molar-refractivity contribution in [3.05, 3.63) is 22.6 Å². The summed E-state index contributed by atoms with van der Waals surface area (Å²) in [5.41, 5.74) is 0.979.